The Kier molecular flexibility index (Phi) is 3.73. The fraction of sp³-hybridized carbons (Fsp3) is 0.429. The van der Waals surface area contributed by atoms with Crippen molar-refractivity contribution in [2.75, 3.05) is 13.1 Å². The van der Waals surface area contributed by atoms with Crippen LogP contribution in [0.1, 0.15) is 23.2 Å². The van der Waals surface area contributed by atoms with Gasteiger partial charge in [-0.2, -0.15) is 0 Å². The maximum absolute atomic E-state index is 12.7. The van der Waals surface area contributed by atoms with Crippen molar-refractivity contribution in [1.82, 2.24) is 10.2 Å². The lowest BCUT2D eigenvalue weighted by atomic mass is 9.91. The number of benzene rings is 1. The summed E-state index contributed by atoms with van der Waals surface area (Å²) in [5, 5.41) is 3.39. The smallest absolute Gasteiger partial charge is 0.255 e. The molecule has 3 rings (SSSR count). The van der Waals surface area contributed by atoms with Crippen LogP contribution < -0.4 is 5.32 Å². The minimum Gasteiger partial charge on any atom is -0.354 e. The number of nitrogens with one attached hydrogen (secondary N) is 1. The molecule has 6 heteroatoms. The largest absolute Gasteiger partial charge is 0.354 e. The lowest BCUT2D eigenvalue weighted by Gasteiger charge is -2.36. The van der Waals surface area contributed by atoms with Crippen molar-refractivity contribution in [3.63, 3.8) is 0 Å². The Morgan fingerprint density at radius 2 is 2.25 bits per heavy atom. The molecule has 2 aliphatic rings. The van der Waals surface area contributed by atoms with Gasteiger partial charge >= 0.3 is 0 Å². The van der Waals surface area contributed by atoms with Crippen LogP contribution in [-0.4, -0.2) is 35.8 Å². The standard InChI is InChI=1S/C14H14BrClN2O2/c15-11-4-3-8(16)6-10(11)14(20)18-5-1-2-9-12(18)7-17-13(9)19/h3-4,6,9,12H,1-2,5,7H2,(H,17,19). The Bertz CT molecular complexity index is 578. The van der Waals surface area contributed by atoms with E-state index in [9.17, 15) is 9.59 Å². The van der Waals surface area contributed by atoms with Gasteiger partial charge in [0, 0.05) is 22.6 Å². The summed E-state index contributed by atoms with van der Waals surface area (Å²) < 4.78 is 0.728. The Balaban J connectivity index is 1.90. The van der Waals surface area contributed by atoms with Gasteiger partial charge in [-0.1, -0.05) is 11.6 Å². The first-order valence-electron chi connectivity index (χ1n) is 6.61. The molecule has 2 unspecified atom stereocenters. The van der Waals surface area contributed by atoms with Gasteiger partial charge in [-0.25, -0.2) is 0 Å². The van der Waals surface area contributed by atoms with E-state index in [0.717, 1.165) is 17.3 Å². The number of rotatable bonds is 1. The molecule has 1 aromatic carbocycles. The Morgan fingerprint density at radius 3 is 3.05 bits per heavy atom. The number of likely N-dealkylation sites (tertiary alicyclic amines) is 1. The topological polar surface area (TPSA) is 49.4 Å². The van der Waals surface area contributed by atoms with Crippen molar-refractivity contribution < 1.29 is 9.59 Å². The van der Waals surface area contributed by atoms with E-state index in [1.54, 1.807) is 18.2 Å². The molecule has 1 N–H and O–H groups in total. The van der Waals surface area contributed by atoms with Crippen LogP contribution in [0.4, 0.5) is 0 Å². The van der Waals surface area contributed by atoms with Crippen molar-refractivity contribution in [2.45, 2.75) is 18.9 Å². The number of hydrogen-bond acceptors (Lipinski definition) is 2. The molecule has 2 fully saturated rings. The molecule has 0 aliphatic carbocycles. The number of amides is 2. The molecule has 1 aromatic rings. The molecule has 0 radical (unpaired) electrons. The molecule has 0 saturated carbocycles. The van der Waals surface area contributed by atoms with Gasteiger partial charge in [-0.15, -0.1) is 0 Å². The second-order valence-electron chi connectivity index (χ2n) is 5.18. The van der Waals surface area contributed by atoms with Crippen LogP contribution in [0.5, 0.6) is 0 Å². The number of carbonyl (C=O) groups is 2. The third kappa shape index (κ3) is 2.33. The highest BCUT2D eigenvalue weighted by Gasteiger charge is 2.42. The van der Waals surface area contributed by atoms with Crippen molar-refractivity contribution in [1.29, 1.82) is 0 Å². The zero-order chi connectivity index (χ0) is 14.3. The normalized spacial score (nSPS) is 25.3. The summed E-state index contributed by atoms with van der Waals surface area (Å²) in [4.78, 5) is 26.3. The van der Waals surface area contributed by atoms with Gasteiger partial charge in [0.05, 0.1) is 17.5 Å². The van der Waals surface area contributed by atoms with E-state index >= 15 is 0 Å². The van der Waals surface area contributed by atoms with E-state index in [1.165, 1.54) is 0 Å². The Labute approximate surface area is 130 Å². The van der Waals surface area contributed by atoms with Crippen molar-refractivity contribution in [3.8, 4) is 0 Å². The lowest BCUT2D eigenvalue weighted by molar-refractivity contribution is -0.123. The molecule has 0 spiro atoms. The van der Waals surface area contributed by atoms with Gasteiger partial charge in [-0.3, -0.25) is 9.59 Å². The van der Waals surface area contributed by atoms with Gasteiger partial charge in [0.2, 0.25) is 5.91 Å². The lowest BCUT2D eigenvalue weighted by Crippen LogP contribution is -2.48. The molecule has 0 aromatic heterocycles. The summed E-state index contributed by atoms with van der Waals surface area (Å²) in [6.07, 6.45) is 1.72. The molecule has 0 bridgehead atoms. The van der Waals surface area contributed by atoms with Crippen molar-refractivity contribution in [3.05, 3.63) is 33.3 Å². The maximum atomic E-state index is 12.7. The average Bonchev–Trinajstić information content (AvgIpc) is 2.83. The summed E-state index contributed by atoms with van der Waals surface area (Å²) in [5.41, 5.74) is 0.553. The van der Waals surface area contributed by atoms with Crippen LogP contribution in [0.15, 0.2) is 22.7 Å². The first kappa shape index (κ1) is 13.9. The molecule has 2 aliphatic heterocycles. The Hall–Kier alpha value is -1.07. The van der Waals surface area contributed by atoms with E-state index in [0.29, 0.717) is 23.7 Å². The van der Waals surface area contributed by atoms with Gasteiger partial charge in [0.25, 0.3) is 5.91 Å². The first-order chi connectivity index (χ1) is 9.58. The van der Waals surface area contributed by atoms with Gasteiger partial charge in [-0.05, 0) is 47.0 Å². The minimum absolute atomic E-state index is 0.0327. The maximum Gasteiger partial charge on any atom is 0.255 e. The second-order valence-corrected chi connectivity index (χ2v) is 6.47. The van der Waals surface area contributed by atoms with E-state index in [2.05, 4.69) is 21.2 Å². The Morgan fingerprint density at radius 1 is 1.45 bits per heavy atom. The third-order valence-electron chi connectivity index (χ3n) is 4.02. The van der Waals surface area contributed by atoms with Gasteiger partial charge in [0.15, 0.2) is 0 Å². The fourth-order valence-corrected chi connectivity index (χ4v) is 3.61. The number of nitrogens with zero attached hydrogens (tertiary/aromatic N) is 1. The van der Waals surface area contributed by atoms with Crippen LogP contribution in [0.3, 0.4) is 0 Å². The van der Waals surface area contributed by atoms with E-state index in [1.807, 2.05) is 4.90 Å². The van der Waals surface area contributed by atoms with Crippen LogP contribution >= 0.6 is 27.5 Å². The third-order valence-corrected chi connectivity index (χ3v) is 4.95. The molecule has 2 amide bonds. The molecule has 2 saturated heterocycles. The second kappa shape index (κ2) is 5.37. The highest BCUT2D eigenvalue weighted by molar-refractivity contribution is 9.10. The number of hydrogen-bond donors (Lipinski definition) is 1. The molecular formula is C14H14BrClN2O2. The number of carbonyl (C=O) groups excluding carboxylic acids is 2. The fourth-order valence-electron chi connectivity index (χ4n) is 3.02. The number of halogens is 2. The number of piperidine rings is 1. The zero-order valence-corrected chi connectivity index (χ0v) is 13.1. The predicted octanol–water partition coefficient (Wildman–Crippen LogP) is 2.45. The quantitative estimate of drug-likeness (QED) is 0.839. The van der Waals surface area contributed by atoms with Crippen molar-refractivity contribution >= 4 is 39.3 Å². The van der Waals surface area contributed by atoms with Crippen LogP contribution in [0, 0.1) is 5.92 Å². The van der Waals surface area contributed by atoms with E-state index in [4.69, 9.17) is 11.6 Å². The van der Waals surface area contributed by atoms with Gasteiger partial charge < -0.3 is 10.2 Å². The van der Waals surface area contributed by atoms with Crippen molar-refractivity contribution in [2.24, 2.45) is 5.92 Å². The monoisotopic (exact) mass is 356 g/mol. The predicted molar refractivity (Wildman–Crippen MR) is 79.7 cm³/mol. The molecule has 2 heterocycles. The average molecular weight is 358 g/mol. The zero-order valence-electron chi connectivity index (χ0n) is 10.7. The highest BCUT2D eigenvalue weighted by atomic mass is 79.9. The highest BCUT2D eigenvalue weighted by Crippen LogP contribution is 2.30. The summed E-state index contributed by atoms with van der Waals surface area (Å²) >= 11 is 9.37. The minimum atomic E-state index is -0.0643. The molecule has 4 nitrogen and oxygen atoms in total. The first-order valence-corrected chi connectivity index (χ1v) is 7.79. The number of fused-ring (bicyclic) bond motifs is 1. The summed E-state index contributed by atoms with van der Waals surface area (Å²) in [5.74, 6) is -0.0612. The summed E-state index contributed by atoms with van der Waals surface area (Å²) in [7, 11) is 0. The SMILES string of the molecule is O=C1NCC2C1CCCN2C(=O)c1cc(Cl)ccc1Br. The van der Waals surface area contributed by atoms with Crippen LogP contribution in [-0.2, 0) is 4.79 Å². The van der Waals surface area contributed by atoms with E-state index < -0.39 is 0 Å². The summed E-state index contributed by atoms with van der Waals surface area (Å²) in [6, 6.07) is 5.15. The molecular weight excluding hydrogens is 344 g/mol. The molecule has 106 valence electrons. The summed E-state index contributed by atoms with van der Waals surface area (Å²) in [6.45, 7) is 1.24. The van der Waals surface area contributed by atoms with Crippen LogP contribution in [0.2, 0.25) is 5.02 Å². The molecule has 2 atom stereocenters. The van der Waals surface area contributed by atoms with Crippen LogP contribution in [0.25, 0.3) is 0 Å². The van der Waals surface area contributed by atoms with E-state index in [-0.39, 0.29) is 23.8 Å². The molecule has 20 heavy (non-hydrogen) atoms. The van der Waals surface area contributed by atoms with Gasteiger partial charge in [0.1, 0.15) is 0 Å².